The van der Waals surface area contributed by atoms with Crippen molar-refractivity contribution in [2.24, 2.45) is 0 Å². The molecule has 0 radical (unpaired) electrons. The molecular formula is C21H17FN4S. The summed E-state index contributed by atoms with van der Waals surface area (Å²) < 4.78 is 16.0. The third-order valence-electron chi connectivity index (χ3n) is 4.22. The van der Waals surface area contributed by atoms with Crippen molar-refractivity contribution in [3.63, 3.8) is 0 Å². The molecule has 0 saturated carbocycles. The van der Waals surface area contributed by atoms with E-state index in [0.717, 1.165) is 16.8 Å². The minimum absolute atomic E-state index is 0.209. The van der Waals surface area contributed by atoms with Gasteiger partial charge in [-0.25, -0.2) is 4.39 Å². The number of benzene rings is 2. The van der Waals surface area contributed by atoms with E-state index in [9.17, 15) is 4.39 Å². The topological polar surface area (TPSA) is 43.6 Å². The molecule has 0 fully saturated rings. The maximum atomic E-state index is 14.0. The van der Waals surface area contributed by atoms with Crippen molar-refractivity contribution in [3.05, 3.63) is 90.0 Å². The van der Waals surface area contributed by atoms with E-state index in [1.54, 1.807) is 24.5 Å². The molecular weight excluding hydrogens is 359 g/mol. The number of aryl methyl sites for hydroxylation is 1. The quantitative estimate of drug-likeness (QED) is 0.456. The van der Waals surface area contributed by atoms with Crippen LogP contribution in [0.2, 0.25) is 0 Å². The highest BCUT2D eigenvalue weighted by atomic mass is 32.2. The molecule has 0 spiro atoms. The molecule has 0 N–H and O–H groups in total. The van der Waals surface area contributed by atoms with E-state index >= 15 is 0 Å². The molecule has 0 aliphatic carbocycles. The molecule has 4 aromatic rings. The van der Waals surface area contributed by atoms with Crippen molar-refractivity contribution in [1.82, 2.24) is 19.7 Å². The van der Waals surface area contributed by atoms with Crippen LogP contribution in [0.25, 0.3) is 17.1 Å². The summed E-state index contributed by atoms with van der Waals surface area (Å²) in [6, 6.07) is 18.7. The van der Waals surface area contributed by atoms with Gasteiger partial charge >= 0.3 is 0 Å². The second-order valence-corrected chi connectivity index (χ2v) is 6.99. The second kappa shape index (κ2) is 7.72. The average Bonchev–Trinajstić information content (AvgIpc) is 3.12. The lowest BCUT2D eigenvalue weighted by atomic mass is 10.2. The maximum Gasteiger partial charge on any atom is 0.196 e. The minimum atomic E-state index is -0.209. The molecule has 0 unspecified atom stereocenters. The predicted molar refractivity (Wildman–Crippen MR) is 105 cm³/mol. The Morgan fingerprint density at radius 2 is 1.78 bits per heavy atom. The van der Waals surface area contributed by atoms with Gasteiger partial charge in [-0.3, -0.25) is 9.55 Å². The molecule has 0 amide bonds. The van der Waals surface area contributed by atoms with Gasteiger partial charge in [0.2, 0.25) is 0 Å². The fourth-order valence-corrected chi connectivity index (χ4v) is 3.77. The Morgan fingerprint density at radius 1 is 0.963 bits per heavy atom. The van der Waals surface area contributed by atoms with Crippen molar-refractivity contribution in [2.45, 2.75) is 17.8 Å². The zero-order valence-electron chi connectivity index (χ0n) is 14.7. The van der Waals surface area contributed by atoms with Gasteiger partial charge in [0.15, 0.2) is 11.0 Å². The van der Waals surface area contributed by atoms with Crippen LogP contribution in [-0.4, -0.2) is 19.7 Å². The van der Waals surface area contributed by atoms with E-state index in [-0.39, 0.29) is 5.82 Å². The van der Waals surface area contributed by atoms with Crippen LogP contribution in [0, 0.1) is 12.7 Å². The number of hydrogen-bond acceptors (Lipinski definition) is 4. The molecule has 2 aromatic carbocycles. The Balaban J connectivity index is 1.77. The number of aromatic nitrogens is 4. The van der Waals surface area contributed by atoms with Crippen molar-refractivity contribution in [1.29, 1.82) is 0 Å². The van der Waals surface area contributed by atoms with Crippen LogP contribution in [0.4, 0.5) is 4.39 Å². The molecule has 0 bridgehead atoms. The highest BCUT2D eigenvalue weighted by molar-refractivity contribution is 7.98. The van der Waals surface area contributed by atoms with E-state index in [1.807, 2.05) is 54.0 Å². The lowest BCUT2D eigenvalue weighted by molar-refractivity contribution is 0.617. The fourth-order valence-electron chi connectivity index (χ4n) is 2.83. The molecule has 2 aromatic heterocycles. The van der Waals surface area contributed by atoms with E-state index < -0.39 is 0 Å². The summed E-state index contributed by atoms with van der Waals surface area (Å²) >= 11 is 1.46. The first-order valence-electron chi connectivity index (χ1n) is 8.52. The number of halogens is 1. The van der Waals surface area contributed by atoms with Crippen molar-refractivity contribution in [3.8, 4) is 17.1 Å². The standard InChI is InChI=1S/C21H17FN4S/c1-15-7-2-5-11-19(15)26-20(16-9-6-12-23-13-16)24-25-21(26)27-14-17-8-3-4-10-18(17)22/h2-13H,14H2,1H3. The van der Waals surface area contributed by atoms with Crippen molar-refractivity contribution >= 4 is 11.8 Å². The molecule has 0 atom stereocenters. The van der Waals surface area contributed by atoms with Gasteiger partial charge < -0.3 is 0 Å². The van der Waals surface area contributed by atoms with Crippen LogP contribution in [-0.2, 0) is 5.75 Å². The van der Waals surface area contributed by atoms with Crippen LogP contribution >= 0.6 is 11.8 Å². The third-order valence-corrected chi connectivity index (χ3v) is 5.20. The third kappa shape index (κ3) is 3.61. The number of para-hydroxylation sites is 1. The van der Waals surface area contributed by atoms with E-state index in [0.29, 0.717) is 22.3 Å². The zero-order chi connectivity index (χ0) is 18.6. The average molecular weight is 376 g/mol. The predicted octanol–water partition coefficient (Wildman–Crippen LogP) is 5.07. The summed E-state index contributed by atoms with van der Waals surface area (Å²) in [5.41, 5.74) is 3.63. The van der Waals surface area contributed by atoms with Gasteiger partial charge in [-0.15, -0.1) is 10.2 Å². The highest BCUT2D eigenvalue weighted by Gasteiger charge is 2.18. The number of nitrogens with zero attached hydrogens (tertiary/aromatic N) is 4. The Bertz CT molecular complexity index is 1060. The summed E-state index contributed by atoms with van der Waals surface area (Å²) in [4.78, 5) is 4.20. The zero-order valence-corrected chi connectivity index (χ0v) is 15.5. The Morgan fingerprint density at radius 3 is 2.56 bits per heavy atom. The minimum Gasteiger partial charge on any atom is -0.270 e. The normalized spacial score (nSPS) is 10.9. The van der Waals surface area contributed by atoms with Gasteiger partial charge in [0.05, 0.1) is 5.69 Å². The summed E-state index contributed by atoms with van der Waals surface area (Å²) in [5.74, 6) is 0.983. The Labute approximate surface area is 161 Å². The summed E-state index contributed by atoms with van der Waals surface area (Å²) in [6.45, 7) is 2.05. The second-order valence-electron chi connectivity index (χ2n) is 6.05. The van der Waals surface area contributed by atoms with E-state index in [2.05, 4.69) is 15.2 Å². The maximum absolute atomic E-state index is 14.0. The smallest absolute Gasteiger partial charge is 0.196 e. The fraction of sp³-hybridized carbons (Fsp3) is 0.0952. The molecule has 0 saturated heterocycles. The van der Waals surface area contributed by atoms with Crippen LogP contribution in [0.15, 0.2) is 78.2 Å². The first-order chi connectivity index (χ1) is 13.2. The van der Waals surface area contributed by atoms with Gasteiger partial charge in [-0.05, 0) is 42.3 Å². The first kappa shape index (κ1) is 17.4. The SMILES string of the molecule is Cc1ccccc1-n1c(SCc2ccccc2F)nnc1-c1cccnc1. The number of thioether (sulfide) groups is 1. The monoisotopic (exact) mass is 376 g/mol. The van der Waals surface area contributed by atoms with Gasteiger partial charge in [-0.1, -0.05) is 48.2 Å². The van der Waals surface area contributed by atoms with Gasteiger partial charge in [0.25, 0.3) is 0 Å². The molecule has 134 valence electrons. The molecule has 27 heavy (non-hydrogen) atoms. The summed E-state index contributed by atoms with van der Waals surface area (Å²) in [6.07, 6.45) is 3.50. The Hall–Kier alpha value is -2.99. The summed E-state index contributed by atoms with van der Waals surface area (Å²) in [7, 11) is 0. The van der Waals surface area contributed by atoms with Crippen LogP contribution in [0.3, 0.4) is 0 Å². The number of pyridine rings is 1. The van der Waals surface area contributed by atoms with E-state index in [1.165, 1.54) is 17.8 Å². The van der Waals surface area contributed by atoms with Crippen LogP contribution in [0.1, 0.15) is 11.1 Å². The lowest BCUT2D eigenvalue weighted by Crippen LogP contribution is -2.02. The lowest BCUT2D eigenvalue weighted by Gasteiger charge is -2.12. The molecule has 4 rings (SSSR count). The summed E-state index contributed by atoms with van der Waals surface area (Å²) in [5, 5.41) is 9.49. The number of rotatable bonds is 5. The highest BCUT2D eigenvalue weighted by Crippen LogP contribution is 2.31. The molecule has 0 aliphatic rings. The Kier molecular flexibility index (Phi) is 4.98. The molecule has 6 heteroatoms. The largest absolute Gasteiger partial charge is 0.270 e. The molecule has 2 heterocycles. The van der Waals surface area contributed by atoms with Crippen molar-refractivity contribution in [2.75, 3.05) is 0 Å². The molecule has 0 aliphatic heterocycles. The van der Waals surface area contributed by atoms with E-state index in [4.69, 9.17) is 0 Å². The van der Waals surface area contributed by atoms with Crippen LogP contribution in [0.5, 0.6) is 0 Å². The van der Waals surface area contributed by atoms with Gasteiger partial charge in [-0.2, -0.15) is 0 Å². The van der Waals surface area contributed by atoms with Crippen molar-refractivity contribution < 1.29 is 4.39 Å². The molecule has 4 nitrogen and oxygen atoms in total. The van der Waals surface area contributed by atoms with Crippen LogP contribution < -0.4 is 0 Å². The van der Waals surface area contributed by atoms with Gasteiger partial charge in [0, 0.05) is 23.7 Å². The first-order valence-corrected chi connectivity index (χ1v) is 9.50. The van der Waals surface area contributed by atoms with Gasteiger partial charge in [0.1, 0.15) is 5.82 Å². The number of hydrogen-bond donors (Lipinski definition) is 0.